The largest absolute Gasteiger partial charge is 0.457 e. The fourth-order valence-corrected chi connectivity index (χ4v) is 4.69. The zero-order valence-electron chi connectivity index (χ0n) is 18.9. The first-order chi connectivity index (χ1) is 16.8. The lowest BCUT2D eigenvalue weighted by Crippen LogP contribution is -2.26. The van der Waals surface area contributed by atoms with Gasteiger partial charge in [0.25, 0.3) is 5.69 Å². The zero-order valence-corrected chi connectivity index (χ0v) is 21.2. The second-order valence-corrected chi connectivity index (χ2v) is 9.64. The van der Waals surface area contributed by atoms with E-state index in [0.717, 1.165) is 10.7 Å². The molecule has 3 aromatic rings. The minimum absolute atomic E-state index is 0.0397. The summed E-state index contributed by atoms with van der Waals surface area (Å²) in [6.07, 6.45) is -3.33. The Morgan fingerprint density at radius 1 is 1.31 bits per heavy atom. The standard InChI is InChI=1S/C23H19BrClF3N4O4/c1-11-7-14(25)5-6-18(11)36-17-9-15(8-16(10-17)32(34)35)29-22(33)12(2)31-20(13-3-4-13)19(24)21(30-31)23(26,27)28/h5-10,12-13H,3-4H2,1-2H3,(H,29,33). The summed E-state index contributed by atoms with van der Waals surface area (Å²) in [5.74, 6) is -0.355. The highest BCUT2D eigenvalue weighted by molar-refractivity contribution is 9.10. The van der Waals surface area contributed by atoms with Crippen LogP contribution in [0.5, 0.6) is 11.5 Å². The van der Waals surface area contributed by atoms with Crippen molar-refractivity contribution in [3.05, 3.63) is 73.0 Å². The van der Waals surface area contributed by atoms with Gasteiger partial charge in [-0.05, 0) is 66.4 Å². The lowest BCUT2D eigenvalue weighted by Gasteiger charge is -2.16. The van der Waals surface area contributed by atoms with E-state index in [0.29, 0.717) is 34.9 Å². The molecule has 0 saturated heterocycles. The Kier molecular flexibility index (Phi) is 7.02. The Labute approximate surface area is 216 Å². The number of aromatic nitrogens is 2. The van der Waals surface area contributed by atoms with Gasteiger partial charge in [-0.1, -0.05) is 11.6 Å². The van der Waals surface area contributed by atoms with Crippen LogP contribution >= 0.6 is 27.5 Å². The van der Waals surface area contributed by atoms with E-state index >= 15 is 0 Å². The quantitative estimate of drug-likeness (QED) is 0.229. The molecule has 0 spiro atoms. The van der Waals surface area contributed by atoms with Gasteiger partial charge in [0.1, 0.15) is 17.5 Å². The van der Waals surface area contributed by atoms with Gasteiger partial charge in [-0.2, -0.15) is 18.3 Å². The third kappa shape index (κ3) is 5.49. The number of carbonyl (C=O) groups is 1. The summed E-state index contributed by atoms with van der Waals surface area (Å²) < 4.78 is 47.0. The van der Waals surface area contributed by atoms with Crippen molar-refractivity contribution in [3.8, 4) is 11.5 Å². The molecule has 4 rings (SSSR count). The van der Waals surface area contributed by atoms with Crippen molar-refractivity contribution in [1.82, 2.24) is 9.78 Å². The Hall–Kier alpha value is -3.12. The Bertz CT molecular complexity index is 1360. The van der Waals surface area contributed by atoms with Crippen LogP contribution in [-0.4, -0.2) is 20.6 Å². The van der Waals surface area contributed by atoms with Gasteiger partial charge in [0.2, 0.25) is 5.91 Å². The van der Waals surface area contributed by atoms with Crippen LogP contribution < -0.4 is 10.1 Å². The van der Waals surface area contributed by atoms with E-state index in [1.807, 2.05) is 0 Å². The Morgan fingerprint density at radius 2 is 2.00 bits per heavy atom. The van der Waals surface area contributed by atoms with Crippen LogP contribution in [0.2, 0.25) is 5.02 Å². The van der Waals surface area contributed by atoms with Gasteiger partial charge in [-0.25, -0.2) is 0 Å². The number of anilines is 1. The first-order valence-corrected chi connectivity index (χ1v) is 11.9. The number of nitrogens with one attached hydrogen (secondary N) is 1. The molecule has 190 valence electrons. The number of carbonyl (C=O) groups excluding carboxylic acids is 1. The van der Waals surface area contributed by atoms with Crippen molar-refractivity contribution < 1.29 is 27.6 Å². The van der Waals surface area contributed by atoms with E-state index in [-0.39, 0.29) is 27.5 Å². The molecule has 1 aromatic heterocycles. The van der Waals surface area contributed by atoms with Gasteiger partial charge in [0.05, 0.1) is 26.8 Å². The molecule has 1 amide bonds. The first-order valence-electron chi connectivity index (χ1n) is 10.7. The van der Waals surface area contributed by atoms with E-state index in [9.17, 15) is 28.1 Å². The number of aryl methyl sites for hydroxylation is 1. The highest BCUT2D eigenvalue weighted by Crippen LogP contribution is 2.47. The fourth-order valence-electron chi connectivity index (χ4n) is 3.66. The molecular formula is C23H19BrClF3N4O4. The van der Waals surface area contributed by atoms with Crippen molar-refractivity contribution in [1.29, 1.82) is 0 Å². The van der Waals surface area contributed by atoms with E-state index in [1.165, 1.54) is 19.1 Å². The van der Waals surface area contributed by atoms with E-state index in [1.54, 1.807) is 25.1 Å². The second-order valence-electron chi connectivity index (χ2n) is 8.41. The summed E-state index contributed by atoms with van der Waals surface area (Å²) in [7, 11) is 0. The van der Waals surface area contributed by atoms with Gasteiger partial charge < -0.3 is 10.1 Å². The van der Waals surface area contributed by atoms with Crippen LogP contribution in [0, 0.1) is 17.0 Å². The smallest absolute Gasteiger partial charge is 0.436 e. The highest BCUT2D eigenvalue weighted by Gasteiger charge is 2.43. The minimum atomic E-state index is -4.70. The summed E-state index contributed by atoms with van der Waals surface area (Å²) in [6.45, 7) is 3.16. The molecule has 1 heterocycles. The predicted molar refractivity (Wildman–Crippen MR) is 130 cm³/mol. The molecule has 1 unspecified atom stereocenters. The van der Waals surface area contributed by atoms with Crippen LogP contribution in [-0.2, 0) is 11.0 Å². The summed E-state index contributed by atoms with van der Waals surface area (Å²) in [5, 5.41) is 18.2. The van der Waals surface area contributed by atoms with Gasteiger partial charge in [-0.15, -0.1) is 0 Å². The molecule has 0 radical (unpaired) electrons. The average Bonchev–Trinajstić information content (AvgIpc) is 3.55. The third-order valence-corrected chi connectivity index (χ3v) is 6.62. The highest BCUT2D eigenvalue weighted by atomic mass is 79.9. The summed E-state index contributed by atoms with van der Waals surface area (Å²) in [4.78, 5) is 23.8. The molecule has 1 saturated carbocycles. The van der Waals surface area contributed by atoms with Crippen molar-refractivity contribution in [2.24, 2.45) is 0 Å². The Balaban J connectivity index is 1.63. The topological polar surface area (TPSA) is 99.3 Å². The molecule has 1 aliphatic rings. The number of alkyl halides is 3. The SMILES string of the molecule is Cc1cc(Cl)ccc1Oc1cc(NC(=O)C(C)n2nc(C(F)(F)F)c(Br)c2C2CC2)cc([N+](=O)[O-])c1. The number of nitro benzene ring substituents is 1. The number of rotatable bonds is 7. The number of benzene rings is 2. The average molecular weight is 588 g/mol. The van der Waals surface area contributed by atoms with Crippen molar-refractivity contribution in [2.75, 3.05) is 5.32 Å². The maximum Gasteiger partial charge on any atom is 0.436 e. The number of nitro groups is 1. The first kappa shape index (κ1) is 26.0. The van der Waals surface area contributed by atoms with Gasteiger partial charge in [0, 0.05) is 23.1 Å². The fraction of sp³-hybridized carbons (Fsp3) is 0.304. The number of amides is 1. The molecule has 1 fully saturated rings. The summed E-state index contributed by atoms with van der Waals surface area (Å²) in [5.41, 5.74) is -0.426. The van der Waals surface area contributed by atoms with Crippen molar-refractivity contribution in [2.45, 2.75) is 44.8 Å². The number of halogens is 5. The molecule has 13 heteroatoms. The molecule has 0 bridgehead atoms. The maximum absolute atomic E-state index is 13.4. The zero-order chi connectivity index (χ0) is 26.4. The van der Waals surface area contributed by atoms with E-state index in [2.05, 4.69) is 26.3 Å². The summed E-state index contributed by atoms with van der Waals surface area (Å²) in [6, 6.07) is 7.44. The second kappa shape index (κ2) is 9.74. The molecule has 8 nitrogen and oxygen atoms in total. The van der Waals surface area contributed by atoms with Crippen LogP contribution in [0.1, 0.15) is 48.7 Å². The number of hydrogen-bond donors (Lipinski definition) is 1. The van der Waals surface area contributed by atoms with Crippen LogP contribution in [0.15, 0.2) is 40.9 Å². The monoisotopic (exact) mass is 586 g/mol. The van der Waals surface area contributed by atoms with Gasteiger partial charge >= 0.3 is 6.18 Å². The number of nitrogens with zero attached hydrogens (tertiary/aromatic N) is 3. The van der Waals surface area contributed by atoms with Crippen LogP contribution in [0.4, 0.5) is 24.5 Å². The molecule has 36 heavy (non-hydrogen) atoms. The summed E-state index contributed by atoms with van der Waals surface area (Å²) >= 11 is 8.96. The molecule has 2 aromatic carbocycles. The molecule has 0 aliphatic heterocycles. The number of hydrogen-bond acceptors (Lipinski definition) is 5. The molecule has 1 aliphatic carbocycles. The molecule has 1 atom stereocenters. The van der Waals surface area contributed by atoms with Crippen molar-refractivity contribution in [3.63, 3.8) is 0 Å². The normalized spacial score (nSPS) is 14.4. The van der Waals surface area contributed by atoms with Gasteiger partial charge in [-0.3, -0.25) is 19.6 Å². The van der Waals surface area contributed by atoms with E-state index < -0.39 is 28.7 Å². The van der Waals surface area contributed by atoms with Crippen LogP contribution in [0.25, 0.3) is 0 Å². The van der Waals surface area contributed by atoms with Crippen molar-refractivity contribution >= 4 is 44.8 Å². The Morgan fingerprint density at radius 3 is 2.58 bits per heavy atom. The third-order valence-electron chi connectivity index (χ3n) is 5.60. The van der Waals surface area contributed by atoms with Gasteiger partial charge in [0.15, 0.2) is 5.69 Å². The lowest BCUT2D eigenvalue weighted by atomic mass is 10.2. The molecule has 1 N–H and O–H groups in total. The maximum atomic E-state index is 13.4. The predicted octanol–water partition coefficient (Wildman–Crippen LogP) is 7.40. The number of ether oxygens (including phenoxy) is 1. The number of non-ortho nitro benzene ring substituents is 1. The lowest BCUT2D eigenvalue weighted by molar-refractivity contribution is -0.384. The van der Waals surface area contributed by atoms with Crippen LogP contribution in [0.3, 0.4) is 0 Å². The van der Waals surface area contributed by atoms with E-state index in [4.69, 9.17) is 16.3 Å². The minimum Gasteiger partial charge on any atom is -0.457 e. The molecular weight excluding hydrogens is 569 g/mol.